The zero-order valence-electron chi connectivity index (χ0n) is 10.9. The second-order valence-corrected chi connectivity index (χ2v) is 4.23. The first-order valence-electron chi connectivity index (χ1n) is 5.51. The van der Waals surface area contributed by atoms with Gasteiger partial charge in [-0.2, -0.15) is 0 Å². The summed E-state index contributed by atoms with van der Waals surface area (Å²) in [7, 11) is 3.35. The standard InChI is InChI=1S/C12H17N3O3/c1-7-9(12(17)18)5-6-10(13-7)14-8(2)11(16)15(3)4/h5-6,8H,1-4H3,(H,13,14)(H,17,18). The van der Waals surface area contributed by atoms with E-state index in [1.807, 2.05) is 0 Å². The van der Waals surface area contributed by atoms with Gasteiger partial charge in [0.15, 0.2) is 0 Å². The Bertz CT molecular complexity index is 472. The van der Waals surface area contributed by atoms with Crippen LogP contribution >= 0.6 is 0 Å². The van der Waals surface area contributed by atoms with Gasteiger partial charge in [0.2, 0.25) is 5.91 Å². The Hall–Kier alpha value is -2.11. The summed E-state index contributed by atoms with van der Waals surface area (Å²) in [5, 5.41) is 11.8. The van der Waals surface area contributed by atoms with Crippen LogP contribution in [0.4, 0.5) is 5.82 Å². The lowest BCUT2D eigenvalue weighted by atomic mass is 10.2. The van der Waals surface area contributed by atoms with Gasteiger partial charge in [-0.3, -0.25) is 4.79 Å². The number of aryl methyl sites for hydroxylation is 1. The van der Waals surface area contributed by atoms with Crippen molar-refractivity contribution in [2.24, 2.45) is 0 Å². The molecule has 6 heteroatoms. The number of carboxylic acids is 1. The van der Waals surface area contributed by atoms with Gasteiger partial charge in [-0.15, -0.1) is 0 Å². The Morgan fingerprint density at radius 3 is 2.44 bits per heavy atom. The lowest BCUT2D eigenvalue weighted by molar-refractivity contribution is -0.129. The maximum absolute atomic E-state index is 11.6. The van der Waals surface area contributed by atoms with Crippen LogP contribution in [0.5, 0.6) is 0 Å². The average Bonchev–Trinajstić information content (AvgIpc) is 2.27. The van der Waals surface area contributed by atoms with E-state index in [0.29, 0.717) is 11.5 Å². The van der Waals surface area contributed by atoms with Crippen LogP contribution in [0.15, 0.2) is 12.1 Å². The molecule has 1 aromatic heterocycles. The number of anilines is 1. The molecule has 0 radical (unpaired) electrons. The van der Waals surface area contributed by atoms with E-state index in [2.05, 4.69) is 10.3 Å². The third-order valence-corrected chi connectivity index (χ3v) is 2.49. The second kappa shape index (κ2) is 5.48. The summed E-state index contributed by atoms with van der Waals surface area (Å²) in [6.07, 6.45) is 0. The number of carbonyl (C=O) groups excluding carboxylic acids is 1. The fourth-order valence-corrected chi connectivity index (χ4v) is 1.54. The van der Waals surface area contributed by atoms with E-state index in [0.717, 1.165) is 0 Å². The number of nitrogens with zero attached hydrogens (tertiary/aromatic N) is 2. The minimum Gasteiger partial charge on any atom is -0.478 e. The summed E-state index contributed by atoms with van der Waals surface area (Å²) in [6.45, 7) is 3.34. The first kappa shape index (κ1) is 14.0. The van der Waals surface area contributed by atoms with E-state index in [1.165, 1.54) is 11.0 Å². The Morgan fingerprint density at radius 2 is 2.00 bits per heavy atom. The maximum atomic E-state index is 11.6. The quantitative estimate of drug-likeness (QED) is 0.833. The Kier molecular flexibility index (Phi) is 4.25. The number of likely N-dealkylation sites (N-methyl/N-ethyl adjacent to an activating group) is 1. The number of aromatic carboxylic acids is 1. The number of nitrogens with one attached hydrogen (secondary N) is 1. The molecular weight excluding hydrogens is 234 g/mol. The lowest BCUT2D eigenvalue weighted by Crippen LogP contribution is -2.36. The number of amides is 1. The van der Waals surface area contributed by atoms with E-state index in [1.54, 1.807) is 34.0 Å². The van der Waals surface area contributed by atoms with Crippen LogP contribution in [0.1, 0.15) is 23.0 Å². The van der Waals surface area contributed by atoms with E-state index in [-0.39, 0.29) is 11.5 Å². The largest absolute Gasteiger partial charge is 0.478 e. The lowest BCUT2D eigenvalue weighted by Gasteiger charge is -2.18. The van der Waals surface area contributed by atoms with Crippen molar-refractivity contribution in [3.8, 4) is 0 Å². The van der Waals surface area contributed by atoms with E-state index in [4.69, 9.17) is 5.11 Å². The molecule has 0 aliphatic heterocycles. The third-order valence-electron chi connectivity index (χ3n) is 2.49. The SMILES string of the molecule is Cc1nc(NC(C)C(=O)N(C)C)ccc1C(=O)O. The molecule has 0 aromatic carbocycles. The predicted octanol–water partition coefficient (Wildman–Crippen LogP) is 0.977. The highest BCUT2D eigenvalue weighted by Crippen LogP contribution is 2.11. The number of pyridine rings is 1. The van der Waals surface area contributed by atoms with Gasteiger partial charge in [0, 0.05) is 14.1 Å². The van der Waals surface area contributed by atoms with Crippen LogP contribution in [0.25, 0.3) is 0 Å². The third kappa shape index (κ3) is 3.19. The number of hydrogen-bond donors (Lipinski definition) is 2. The molecule has 18 heavy (non-hydrogen) atoms. The van der Waals surface area contributed by atoms with Gasteiger partial charge in [-0.05, 0) is 26.0 Å². The molecule has 0 spiro atoms. The van der Waals surface area contributed by atoms with Crippen LogP contribution in [-0.2, 0) is 4.79 Å². The second-order valence-electron chi connectivity index (χ2n) is 4.23. The molecule has 1 rings (SSSR count). The molecule has 0 bridgehead atoms. The highest BCUT2D eigenvalue weighted by atomic mass is 16.4. The Balaban J connectivity index is 2.84. The van der Waals surface area contributed by atoms with E-state index >= 15 is 0 Å². The van der Waals surface area contributed by atoms with Crippen LogP contribution in [0.2, 0.25) is 0 Å². The smallest absolute Gasteiger partial charge is 0.337 e. The molecule has 0 saturated heterocycles. The summed E-state index contributed by atoms with van der Waals surface area (Å²) >= 11 is 0. The molecule has 98 valence electrons. The number of carboxylic acid groups (broad SMARTS) is 1. The van der Waals surface area contributed by atoms with Gasteiger partial charge in [0.05, 0.1) is 11.3 Å². The molecule has 0 saturated carbocycles. The fraction of sp³-hybridized carbons (Fsp3) is 0.417. The first-order valence-corrected chi connectivity index (χ1v) is 5.51. The summed E-state index contributed by atoms with van der Waals surface area (Å²) in [5.74, 6) is -0.596. The zero-order valence-corrected chi connectivity index (χ0v) is 10.9. The molecule has 1 atom stereocenters. The van der Waals surface area contributed by atoms with Gasteiger partial charge in [-0.25, -0.2) is 9.78 Å². The number of aromatic nitrogens is 1. The van der Waals surface area contributed by atoms with Crippen LogP contribution in [-0.4, -0.2) is 47.0 Å². The summed E-state index contributed by atoms with van der Waals surface area (Å²) in [4.78, 5) is 28.1. The normalized spacial score (nSPS) is 11.8. The Morgan fingerprint density at radius 1 is 1.39 bits per heavy atom. The molecular formula is C12H17N3O3. The average molecular weight is 251 g/mol. The highest BCUT2D eigenvalue weighted by Gasteiger charge is 2.16. The summed E-state index contributed by atoms with van der Waals surface area (Å²) < 4.78 is 0. The molecule has 0 aliphatic rings. The van der Waals surface area contributed by atoms with Crippen molar-refractivity contribution in [1.82, 2.24) is 9.88 Å². The molecule has 1 unspecified atom stereocenters. The molecule has 2 N–H and O–H groups in total. The molecule has 1 heterocycles. The number of carbonyl (C=O) groups is 2. The van der Waals surface area contributed by atoms with Gasteiger partial charge in [0.1, 0.15) is 11.9 Å². The van der Waals surface area contributed by atoms with Crippen molar-refractivity contribution in [3.05, 3.63) is 23.4 Å². The number of hydrogen-bond acceptors (Lipinski definition) is 4. The summed E-state index contributed by atoms with van der Waals surface area (Å²) in [5.41, 5.74) is 0.573. The van der Waals surface area contributed by atoms with Crippen molar-refractivity contribution in [2.75, 3.05) is 19.4 Å². The maximum Gasteiger partial charge on any atom is 0.337 e. The Labute approximate surface area is 106 Å². The summed E-state index contributed by atoms with van der Waals surface area (Å²) in [6, 6.07) is 2.61. The van der Waals surface area contributed by atoms with Crippen molar-refractivity contribution < 1.29 is 14.7 Å². The van der Waals surface area contributed by atoms with Crippen LogP contribution in [0, 0.1) is 6.92 Å². The van der Waals surface area contributed by atoms with Gasteiger partial charge in [0.25, 0.3) is 0 Å². The first-order chi connectivity index (χ1) is 8.32. The number of rotatable bonds is 4. The topological polar surface area (TPSA) is 82.5 Å². The monoisotopic (exact) mass is 251 g/mol. The predicted molar refractivity (Wildman–Crippen MR) is 67.7 cm³/mol. The van der Waals surface area contributed by atoms with Crippen molar-refractivity contribution in [1.29, 1.82) is 0 Å². The van der Waals surface area contributed by atoms with Crippen LogP contribution in [0.3, 0.4) is 0 Å². The minimum absolute atomic E-state index is 0.0724. The van der Waals surface area contributed by atoms with Crippen molar-refractivity contribution in [2.45, 2.75) is 19.9 Å². The van der Waals surface area contributed by atoms with Gasteiger partial charge in [-0.1, -0.05) is 0 Å². The van der Waals surface area contributed by atoms with Crippen LogP contribution < -0.4 is 5.32 Å². The van der Waals surface area contributed by atoms with E-state index in [9.17, 15) is 9.59 Å². The molecule has 0 aliphatic carbocycles. The highest BCUT2D eigenvalue weighted by molar-refractivity contribution is 5.89. The van der Waals surface area contributed by atoms with Gasteiger partial charge < -0.3 is 15.3 Å². The molecule has 6 nitrogen and oxygen atoms in total. The molecule has 1 aromatic rings. The van der Waals surface area contributed by atoms with Crippen molar-refractivity contribution >= 4 is 17.7 Å². The zero-order chi connectivity index (χ0) is 13.9. The van der Waals surface area contributed by atoms with Crippen molar-refractivity contribution in [3.63, 3.8) is 0 Å². The fourth-order valence-electron chi connectivity index (χ4n) is 1.54. The minimum atomic E-state index is -1.01. The van der Waals surface area contributed by atoms with Gasteiger partial charge >= 0.3 is 5.97 Å². The van der Waals surface area contributed by atoms with E-state index < -0.39 is 12.0 Å². The molecule has 0 fully saturated rings. The molecule has 1 amide bonds.